The van der Waals surface area contributed by atoms with Crippen LogP contribution in [0.4, 0.5) is 0 Å². The van der Waals surface area contributed by atoms with Crippen LogP contribution >= 0.6 is 0 Å². The third-order valence-corrected chi connectivity index (χ3v) is 5.30. The summed E-state index contributed by atoms with van der Waals surface area (Å²) in [5.41, 5.74) is 2.69. The minimum absolute atomic E-state index is 0.0145. The highest BCUT2D eigenvalue weighted by atomic mass is 32.2. The fourth-order valence-electron chi connectivity index (χ4n) is 2.47. The van der Waals surface area contributed by atoms with Crippen molar-refractivity contribution in [3.05, 3.63) is 23.0 Å². The molecule has 1 aromatic heterocycles. The first-order valence-corrected chi connectivity index (χ1v) is 8.44. The molecule has 6 nitrogen and oxygen atoms in total. The molecular weight excluding hydrogens is 278 g/mol. The predicted molar refractivity (Wildman–Crippen MR) is 77.2 cm³/mol. The zero-order chi connectivity index (χ0) is 15.1. The van der Waals surface area contributed by atoms with Gasteiger partial charge in [0.05, 0.1) is 11.8 Å². The Balaban J connectivity index is 2.11. The average Bonchev–Trinajstić information content (AvgIpc) is 2.65. The molecule has 2 rings (SSSR count). The van der Waals surface area contributed by atoms with E-state index in [0.29, 0.717) is 31.7 Å². The molecule has 1 aliphatic rings. The SMILES string of the molecule is Cc1cc(C(=O)N2CCN(S(C)(=O)=O)CC2)c(C)n1C. The lowest BCUT2D eigenvalue weighted by atomic mass is 10.2. The molecule has 0 spiro atoms. The molecule has 112 valence electrons. The molecule has 0 atom stereocenters. The lowest BCUT2D eigenvalue weighted by molar-refractivity contribution is 0.0697. The van der Waals surface area contributed by atoms with Crippen molar-refractivity contribution in [1.29, 1.82) is 0 Å². The van der Waals surface area contributed by atoms with Crippen LogP contribution < -0.4 is 0 Å². The lowest BCUT2D eigenvalue weighted by Gasteiger charge is -2.33. The quantitative estimate of drug-likeness (QED) is 0.792. The summed E-state index contributed by atoms with van der Waals surface area (Å²) >= 11 is 0. The monoisotopic (exact) mass is 299 g/mol. The molecule has 0 aromatic carbocycles. The summed E-state index contributed by atoms with van der Waals surface area (Å²) in [5.74, 6) is -0.0145. The van der Waals surface area contributed by atoms with Gasteiger partial charge >= 0.3 is 0 Å². The third-order valence-electron chi connectivity index (χ3n) is 4.00. The van der Waals surface area contributed by atoms with Crippen LogP contribution in [0.5, 0.6) is 0 Å². The molecule has 0 aliphatic carbocycles. The maximum atomic E-state index is 12.5. The molecule has 0 N–H and O–H groups in total. The van der Waals surface area contributed by atoms with Crippen molar-refractivity contribution in [3.8, 4) is 0 Å². The predicted octanol–water partition coefficient (Wildman–Crippen LogP) is 0.359. The highest BCUT2D eigenvalue weighted by Gasteiger charge is 2.27. The Morgan fingerprint density at radius 2 is 1.70 bits per heavy atom. The van der Waals surface area contributed by atoms with E-state index in [9.17, 15) is 13.2 Å². The maximum Gasteiger partial charge on any atom is 0.255 e. The van der Waals surface area contributed by atoms with Gasteiger partial charge in [-0.3, -0.25) is 4.79 Å². The topological polar surface area (TPSA) is 62.6 Å². The molecule has 2 heterocycles. The van der Waals surface area contributed by atoms with E-state index in [1.807, 2.05) is 31.5 Å². The molecule has 1 aromatic rings. The fourth-order valence-corrected chi connectivity index (χ4v) is 3.29. The van der Waals surface area contributed by atoms with E-state index in [4.69, 9.17) is 0 Å². The van der Waals surface area contributed by atoms with Gasteiger partial charge in [0.1, 0.15) is 0 Å². The van der Waals surface area contributed by atoms with Crippen molar-refractivity contribution >= 4 is 15.9 Å². The first-order valence-electron chi connectivity index (χ1n) is 6.59. The molecule has 0 saturated carbocycles. The van der Waals surface area contributed by atoms with E-state index >= 15 is 0 Å². The summed E-state index contributed by atoms with van der Waals surface area (Å²) < 4.78 is 26.3. The van der Waals surface area contributed by atoms with E-state index in [-0.39, 0.29) is 5.91 Å². The van der Waals surface area contributed by atoms with Gasteiger partial charge in [0.2, 0.25) is 10.0 Å². The van der Waals surface area contributed by atoms with Crippen LogP contribution in [0.1, 0.15) is 21.7 Å². The second-order valence-electron chi connectivity index (χ2n) is 5.30. The summed E-state index contributed by atoms with van der Waals surface area (Å²) in [7, 11) is -1.23. The Hall–Kier alpha value is -1.34. The van der Waals surface area contributed by atoms with Crippen LogP contribution in [0, 0.1) is 13.8 Å². The van der Waals surface area contributed by atoms with Crippen molar-refractivity contribution in [3.63, 3.8) is 0 Å². The van der Waals surface area contributed by atoms with Crippen molar-refractivity contribution < 1.29 is 13.2 Å². The first-order chi connectivity index (χ1) is 9.21. The summed E-state index contributed by atoms with van der Waals surface area (Å²) in [5, 5.41) is 0. The zero-order valence-corrected chi connectivity index (χ0v) is 13.2. The normalized spacial score (nSPS) is 17.5. The van der Waals surface area contributed by atoms with E-state index in [1.165, 1.54) is 10.6 Å². The number of rotatable bonds is 2. The second-order valence-corrected chi connectivity index (χ2v) is 7.28. The number of carbonyl (C=O) groups excluding carboxylic acids is 1. The minimum atomic E-state index is -3.16. The van der Waals surface area contributed by atoms with E-state index in [2.05, 4.69) is 0 Å². The molecule has 0 unspecified atom stereocenters. The van der Waals surface area contributed by atoms with Crippen LogP contribution in [0.15, 0.2) is 6.07 Å². The maximum absolute atomic E-state index is 12.5. The molecule has 1 fully saturated rings. The van der Waals surface area contributed by atoms with E-state index in [0.717, 1.165) is 11.4 Å². The van der Waals surface area contributed by atoms with Crippen molar-refractivity contribution in [2.75, 3.05) is 32.4 Å². The molecular formula is C13H21N3O3S. The van der Waals surface area contributed by atoms with Gasteiger partial charge < -0.3 is 9.47 Å². The summed E-state index contributed by atoms with van der Waals surface area (Å²) in [4.78, 5) is 14.2. The van der Waals surface area contributed by atoms with E-state index in [1.54, 1.807) is 4.90 Å². The van der Waals surface area contributed by atoms with Crippen LogP contribution in [0.3, 0.4) is 0 Å². The molecule has 0 radical (unpaired) electrons. The first kappa shape index (κ1) is 15.1. The Morgan fingerprint density at radius 3 is 2.10 bits per heavy atom. The third kappa shape index (κ3) is 2.73. The Labute approximate surface area is 120 Å². The van der Waals surface area contributed by atoms with Crippen LogP contribution in [0.2, 0.25) is 0 Å². The smallest absolute Gasteiger partial charge is 0.255 e. The van der Waals surface area contributed by atoms with E-state index < -0.39 is 10.0 Å². The van der Waals surface area contributed by atoms with Gasteiger partial charge in [-0.05, 0) is 19.9 Å². The Bertz CT molecular complexity index is 626. The standard InChI is InChI=1S/C13H21N3O3S/c1-10-9-12(11(2)14(10)3)13(17)15-5-7-16(8-6-15)20(4,18)19/h9H,5-8H2,1-4H3. The van der Waals surface area contributed by atoms with Crippen molar-refractivity contribution in [2.24, 2.45) is 7.05 Å². The number of nitrogens with zero attached hydrogens (tertiary/aromatic N) is 3. The number of amides is 1. The number of hydrogen-bond donors (Lipinski definition) is 0. The molecule has 7 heteroatoms. The van der Waals surface area contributed by atoms with Gasteiger partial charge in [-0.1, -0.05) is 0 Å². The number of piperazine rings is 1. The van der Waals surface area contributed by atoms with Crippen LogP contribution in [-0.4, -0.2) is 60.5 Å². The van der Waals surface area contributed by atoms with Crippen molar-refractivity contribution in [1.82, 2.24) is 13.8 Å². The van der Waals surface area contributed by atoms with Gasteiger partial charge in [-0.2, -0.15) is 4.31 Å². The van der Waals surface area contributed by atoms with Gasteiger partial charge in [-0.15, -0.1) is 0 Å². The minimum Gasteiger partial charge on any atom is -0.351 e. The van der Waals surface area contributed by atoms with Gasteiger partial charge in [0.15, 0.2) is 0 Å². The summed E-state index contributed by atoms with van der Waals surface area (Å²) in [6.45, 7) is 5.52. The van der Waals surface area contributed by atoms with Crippen LogP contribution in [-0.2, 0) is 17.1 Å². The fraction of sp³-hybridized carbons (Fsp3) is 0.615. The summed E-state index contributed by atoms with van der Waals surface area (Å²) in [6.07, 6.45) is 1.20. The van der Waals surface area contributed by atoms with Crippen molar-refractivity contribution in [2.45, 2.75) is 13.8 Å². The molecule has 1 amide bonds. The van der Waals surface area contributed by atoms with Gasteiger partial charge in [-0.25, -0.2) is 8.42 Å². The molecule has 20 heavy (non-hydrogen) atoms. The largest absolute Gasteiger partial charge is 0.351 e. The lowest BCUT2D eigenvalue weighted by Crippen LogP contribution is -2.50. The molecule has 0 bridgehead atoms. The number of hydrogen-bond acceptors (Lipinski definition) is 3. The van der Waals surface area contributed by atoms with Gasteiger partial charge in [0, 0.05) is 44.6 Å². The number of aromatic nitrogens is 1. The molecule has 1 saturated heterocycles. The zero-order valence-electron chi connectivity index (χ0n) is 12.4. The Morgan fingerprint density at radius 1 is 1.15 bits per heavy atom. The van der Waals surface area contributed by atoms with Gasteiger partial charge in [0.25, 0.3) is 5.91 Å². The summed E-state index contributed by atoms with van der Waals surface area (Å²) in [6, 6.07) is 1.89. The number of aryl methyl sites for hydroxylation is 1. The second kappa shape index (κ2) is 5.21. The van der Waals surface area contributed by atoms with Crippen LogP contribution in [0.25, 0.3) is 0 Å². The highest BCUT2D eigenvalue weighted by Crippen LogP contribution is 2.17. The average molecular weight is 299 g/mol. The number of carbonyl (C=O) groups is 1. The Kier molecular flexibility index (Phi) is 3.93. The number of sulfonamides is 1. The molecule has 1 aliphatic heterocycles. The highest BCUT2D eigenvalue weighted by molar-refractivity contribution is 7.88.